The fraction of sp³-hybridized carbons (Fsp3) is 0.267. The number of carbonyl (C=O) groups is 1. The van der Waals surface area contributed by atoms with Gasteiger partial charge < -0.3 is 5.32 Å². The second-order valence-corrected chi connectivity index (χ2v) is 6.03. The lowest BCUT2D eigenvalue weighted by molar-refractivity contribution is -0.117. The topological polar surface area (TPSA) is 32.3 Å². The van der Waals surface area contributed by atoms with E-state index in [4.69, 9.17) is 11.6 Å². The van der Waals surface area contributed by atoms with E-state index in [0.717, 1.165) is 17.8 Å². The van der Waals surface area contributed by atoms with Gasteiger partial charge in [0.05, 0.1) is 6.54 Å². The van der Waals surface area contributed by atoms with Crippen LogP contribution in [0.25, 0.3) is 0 Å². The molecule has 0 aliphatic heterocycles. The first-order chi connectivity index (χ1) is 9.54. The number of likely N-dealkylation sites (N-methyl/N-ethyl adjacent to an activating group) is 1. The lowest BCUT2D eigenvalue weighted by Gasteiger charge is -2.16. The Hall–Kier alpha value is -1.36. The number of anilines is 1. The van der Waals surface area contributed by atoms with E-state index in [0.29, 0.717) is 11.6 Å². The van der Waals surface area contributed by atoms with Crippen LogP contribution in [0.3, 0.4) is 0 Å². The molecule has 0 atom stereocenters. The number of nitrogens with one attached hydrogen (secondary N) is 1. The van der Waals surface area contributed by atoms with Crippen LogP contribution in [-0.4, -0.2) is 24.4 Å². The molecule has 1 N–H and O–H groups in total. The van der Waals surface area contributed by atoms with Crippen LogP contribution in [0.5, 0.6) is 0 Å². The summed E-state index contributed by atoms with van der Waals surface area (Å²) in [6.07, 6.45) is 0. The van der Waals surface area contributed by atoms with Crippen LogP contribution in [0.2, 0.25) is 5.02 Å². The SMILES string of the molecule is Cc1cc(Cl)ccc1NC(=O)CN(C)Cc1ccsc1. The largest absolute Gasteiger partial charge is 0.325 e. The Morgan fingerprint density at radius 2 is 2.20 bits per heavy atom. The first-order valence-corrected chi connectivity index (χ1v) is 7.62. The monoisotopic (exact) mass is 308 g/mol. The fourth-order valence-corrected chi connectivity index (χ4v) is 2.84. The summed E-state index contributed by atoms with van der Waals surface area (Å²) in [4.78, 5) is 14.0. The Bertz CT molecular complexity index is 584. The molecule has 3 nitrogen and oxygen atoms in total. The van der Waals surface area contributed by atoms with Crippen LogP contribution in [-0.2, 0) is 11.3 Å². The average Bonchev–Trinajstić information content (AvgIpc) is 2.85. The molecule has 2 aromatic rings. The maximum absolute atomic E-state index is 12.0. The summed E-state index contributed by atoms with van der Waals surface area (Å²) in [5.41, 5.74) is 3.00. The second kappa shape index (κ2) is 6.88. The molecule has 1 heterocycles. The van der Waals surface area contributed by atoms with E-state index in [9.17, 15) is 4.79 Å². The molecule has 0 saturated carbocycles. The van der Waals surface area contributed by atoms with Crippen LogP contribution in [0, 0.1) is 6.92 Å². The van der Waals surface area contributed by atoms with Crippen molar-refractivity contribution in [1.29, 1.82) is 0 Å². The van der Waals surface area contributed by atoms with Crippen molar-refractivity contribution in [2.24, 2.45) is 0 Å². The van der Waals surface area contributed by atoms with Crippen molar-refractivity contribution in [2.75, 3.05) is 18.9 Å². The number of rotatable bonds is 5. The fourth-order valence-electron chi connectivity index (χ4n) is 1.95. The van der Waals surface area contributed by atoms with Crippen molar-refractivity contribution >= 4 is 34.5 Å². The van der Waals surface area contributed by atoms with E-state index in [1.165, 1.54) is 5.56 Å². The van der Waals surface area contributed by atoms with Gasteiger partial charge in [-0.2, -0.15) is 11.3 Å². The Morgan fingerprint density at radius 1 is 1.40 bits per heavy atom. The van der Waals surface area contributed by atoms with E-state index >= 15 is 0 Å². The van der Waals surface area contributed by atoms with Crippen LogP contribution in [0.15, 0.2) is 35.0 Å². The van der Waals surface area contributed by atoms with Crippen molar-refractivity contribution in [2.45, 2.75) is 13.5 Å². The van der Waals surface area contributed by atoms with E-state index in [1.807, 2.05) is 36.4 Å². The standard InChI is InChI=1S/C15H17ClN2OS/c1-11-7-13(16)3-4-14(11)17-15(19)9-18(2)8-12-5-6-20-10-12/h3-7,10H,8-9H2,1-2H3,(H,17,19). The summed E-state index contributed by atoms with van der Waals surface area (Å²) in [7, 11) is 1.94. The van der Waals surface area contributed by atoms with Crippen molar-refractivity contribution in [3.8, 4) is 0 Å². The third-order valence-electron chi connectivity index (χ3n) is 2.91. The summed E-state index contributed by atoms with van der Waals surface area (Å²) in [5, 5.41) is 7.72. The second-order valence-electron chi connectivity index (χ2n) is 4.81. The number of nitrogens with zero attached hydrogens (tertiary/aromatic N) is 1. The quantitative estimate of drug-likeness (QED) is 0.911. The van der Waals surface area contributed by atoms with E-state index in [1.54, 1.807) is 17.4 Å². The first-order valence-electron chi connectivity index (χ1n) is 6.30. The summed E-state index contributed by atoms with van der Waals surface area (Å²) in [5.74, 6) is -0.0202. The molecule has 1 aromatic heterocycles. The van der Waals surface area contributed by atoms with Gasteiger partial charge in [-0.05, 0) is 60.1 Å². The number of benzene rings is 1. The van der Waals surface area contributed by atoms with Gasteiger partial charge >= 0.3 is 0 Å². The number of aryl methyl sites for hydroxylation is 1. The Morgan fingerprint density at radius 3 is 2.85 bits per heavy atom. The minimum atomic E-state index is -0.0202. The number of hydrogen-bond acceptors (Lipinski definition) is 3. The van der Waals surface area contributed by atoms with Gasteiger partial charge in [0.25, 0.3) is 0 Å². The first kappa shape index (κ1) is 15.0. The third-order valence-corrected chi connectivity index (χ3v) is 3.88. The van der Waals surface area contributed by atoms with Crippen LogP contribution in [0.4, 0.5) is 5.69 Å². The van der Waals surface area contributed by atoms with Crippen molar-refractivity contribution < 1.29 is 4.79 Å². The van der Waals surface area contributed by atoms with Crippen LogP contribution in [0.1, 0.15) is 11.1 Å². The van der Waals surface area contributed by atoms with E-state index in [2.05, 4.69) is 16.8 Å². The zero-order valence-electron chi connectivity index (χ0n) is 11.5. The molecule has 0 fully saturated rings. The Kier molecular flexibility index (Phi) is 5.17. The van der Waals surface area contributed by atoms with Gasteiger partial charge in [0.2, 0.25) is 5.91 Å². The number of amides is 1. The summed E-state index contributed by atoms with van der Waals surface area (Å²) >= 11 is 7.56. The number of carbonyl (C=O) groups excluding carboxylic acids is 1. The number of hydrogen-bond donors (Lipinski definition) is 1. The van der Waals surface area contributed by atoms with E-state index in [-0.39, 0.29) is 5.91 Å². The predicted octanol–water partition coefficient (Wildman–Crippen LogP) is 3.78. The molecular formula is C15H17ClN2OS. The van der Waals surface area contributed by atoms with Crippen LogP contribution < -0.4 is 5.32 Å². The van der Waals surface area contributed by atoms with E-state index < -0.39 is 0 Å². The highest BCUT2D eigenvalue weighted by Gasteiger charge is 2.09. The zero-order chi connectivity index (χ0) is 14.5. The third kappa shape index (κ3) is 4.34. The van der Waals surface area contributed by atoms with Gasteiger partial charge in [-0.25, -0.2) is 0 Å². The van der Waals surface area contributed by atoms with Gasteiger partial charge in [0.1, 0.15) is 0 Å². The predicted molar refractivity (Wildman–Crippen MR) is 85.5 cm³/mol. The molecule has 0 aliphatic carbocycles. The van der Waals surface area contributed by atoms with Gasteiger partial charge in [-0.1, -0.05) is 11.6 Å². The highest BCUT2D eigenvalue weighted by molar-refractivity contribution is 7.07. The Balaban J connectivity index is 1.88. The molecule has 20 heavy (non-hydrogen) atoms. The van der Waals surface area contributed by atoms with Gasteiger partial charge in [0, 0.05) is 17.3 Å². The maximum Gasteiger partial charge on any atom is 0.238 e. The molecule has 1 aromatic carbocycles. The molecule has 2 rings (SSSR count). The molecule has 0 saturated heterocycles. The Labute approximate surface area is 128 Å². The minimum absolute atomic E-state index is 0.0202. The summed E-state index contributed by atoms with van der Waals surface area (Å²) in [6, 6.07) is 7.52. The molecule has 0 bridgehead atoms. The zero-order valence-corrected chi connectivity index (χ0v) is 13.1. The number of thiophene rings is 1. The van der Waals surface area contributed by atoms with Gasteiger partial charge in [0.15, 0.2) is 0 Å². The van der Waals surface area contributed by atoms with Crippen molar-refractivity contribution in [3.63, 3.8) is 0 Å². The summed E-state index contributed by atoms with van der Waals surface area (Å²) in [6.45, 7) is 3.06. The molecule has 1 amide bonds. The van der Waals surface area contributed by atoms with Crippen LogP contribution >= 0.6 is 22.9 Å². The van der Waals surface area contributed by atoms with Crippen molar-refractivity contribution in [3.05, 3.63) is 51.2 Å². The molecular weight excluding hydrogens is 292 g/mol. The summed E-state index contributed by atoms with van der Waals surface area (Å²) < 4.78 is 0. The number of halogens is 1. The molecule has 0 aliphatic rings. The highest BCUT2D eigenvalue weighted by Crippen LogP contribution is 2.19. The maximum atomic E-state index is 12.0. The average molecular weight is 309 g/mol. The van der Waals surface area contributed by atoms with Crippen molar-refractivity contribution in [1.82, 2.24) is 4.90 Å². The smallest absolute Gasteiger partial charge is 0.238 e. The molecule has 5 heteroatoms. The molecule has 0 unspecified atom stereocenters. The highest BCUT2D eigenvalue weighted by atomic mass is 35.5. The lowest BCUT2D eigenvalue weighted by Crippen LogP contribution is -2.29. The van der Waals surface area contributed by atoms with Gasteiger partial charge in [-0.3, -0.25) is 9.69 Å². The molecule has 0 radical (unpaired) electrons. The molecule has 0 spiro atoms. The normalized spacial score (nSPS) is 10.8. The lowest BCUT2D eigenvalue weighted by atomic mass is 10.2. The van der Waals surface area contributed by atoms with Gasteiger partial charge in [-0.15, -0.1) is 0 Å². The minimum Gasteiger partial charge on any atom is -0.325 e. The molecule has 106 valence electrons.